The lowest BCUT2D eigenvalue weighted by Crippen LogP contribution is -2.42. The summed E-state index contributed by atoms with van der Waals surface area (Å²) in [6.45, 7) is 2.99. The first-order chi connectivity index (χ1) is 13.7. The van der Waals surface area contributed by atoms with Crippen LogP contribution in [0.2, 0.25) is 0 Å². The van der Waals surface area contributed by atoms with Gasteiger partial charge in [0.05, 0.1) is 5.75 Å². The average Bonchev–Trinajstić information content (AvgIpc) is 3.17. The Bertz CT molecular complexity index is 928. The van der Waals surface area contributed by atoms with Gasteiger partial charge in [-0.3, -0.25) is 14.3 Å². The SMILES string of the molecule is CC1CCCCN1C(=O)CSc1nnc(-c2cccnc2)n1-c1ccccc1. The quantitative estimate of drug-likeness (QED) is 0.617. The number of hydrogen-bond donors (Lipinski definition) is 0. The number of aromatic nitrogens is 4. The molecule has 0 aliphatic carbocycles. The fourth-order valence-electron chi connectivity index (χ4n) is 3.53. The summed E-state index contributed by atoms with van der Waals surface area (Å²) in [7, 11) is 0. The monoisotopic (exact) mass is 393 g/mol. The molecule has 0 bridgehead atoms. The third-order valence-corrected chi connectivity index (χ3v) is 5.93. The Morgan fingerprint density at radius 2 is 2.00 bits per heavy atom. The Hall–Kier alpha value is -2.67. The van der Waals surface area contributed by atoms with Gasteiger partial charge in [0.25, 0.3) is 0 Å². The summed E-state index contributed by atoms with van der Waals surface area (Å²) in [6, 6.07) is 14.1. The molecule has 1 aromatic carbocycles. The van der Waals surface area contributed by atoms with Gasteiger partial charge in [0, 0.05) is 36.2 Å². The molecule has 0 N–H and O–H groups in total. The molecule has 28 heavy (non-hydrogen) atoms. The molecule has 1 aliphatic rings. The Morgan fingerprint density at radius 1 is 1.14 bits per heavy atom. The van der Waals surface area contributed by atoms with E-state index < -0.39 is 0 Å². The molecule has 1 aliphatic heterocycles. The highest BCUT2D eigenvalue weighted by molar-refractivity contribution is 7.99. The maximum atomic E-state index is 12.7. The molecule has 1 fully saturated rings. The minimum absolute atomic E-state index is 0.169. The standard InChI is InChI=1S/C21H23N5OS/c1-16-8-5-6-13-25(16)19(27)15-28-21-24-23-20(17-9-7-12-22-14-17)26(21)18-10-3-2-4-11-18/h2-4,7,9-12,14,16H,5-6,8,13,15H2,1H3. The van der Waals surface area contributed by atoms with Crippen molar-refractivity contribution in [3.05, 3.63) is 54.9 Å². The number of nitrogens with zero attached hydrogens (tertiary/aromatic N) is 5. The lowest BCUT2D eigenvalue weighted by molar-refractivity contribution is -0.131. The fourth-order valence-corrected chi connectivity index (χ4v) is 4.37. The zero-order valence-electron chi connectivity index (χ0n) is 15.9. The van der Waals surface area contributed by atoms with Crippen molar-refractivity contribution in [3.63, 3.8) is 0 Å². The van der Waals surface area contributed by atoms with Gasteiger partial charge in [0.1, 0.15) is 0 Å². The van der Waals surface area contributed by atoms with Crippen molar-refractivity contribution in [1.82, 2.24) is 24.6 Å². The van der Waals surface area contributed by atoms with Crippen LogP contribution in [0.3, 0.4) is 0 Å². The molecule has 3 heterocycles. The van der Waals surface area contributed by atoms with Crippen LogP contribution in [-0.2, 0) is 4.79 Å². The van der Waals surface area contributed by atoms with Gasteiger partial charge in [-0.15, -0.1) is 10.2 Å². The van der Waals surface area contributed by atoms with E-state index in [1.165, 1.54) is 18.2 Å². The Kier molecular flexibility index (Phi) is 5.71. The van der Waals surface area contributed by atoms with Crippen LogP contribution in [-0.4, -0.2) is 48.9 Å². The maximum Gasteiger partial charge on any atom is 0.233 e. The second kappa shape index (κ2) is 8.56. The predicted octanol–water partition coefficient (Wildman–Crippen LogP) is 3.82. The number of thioether (sulfide) groups is 1. The molecule has 1 amide bonds. The molecule has 0 radical (unpaired) electrons. The van der Waals surface area contributed by atoms with Gasteiger partial charge in [-0.25, -0.2) is 0 Å². The summed E-state index contributed by atoms with van der Waals surface area (Å²) >= 11 is 1.44. The number of carbonyl (C=O) groups is 1. The van der Waals surface area contributed by atoms with Crippen molar-refractivity contribution in [1.29, 1.82) is 0 Å². The van der Waals surface area contributed by atoms with Crippen LogP contribution in [0.5, 0.6) is 0 Å². The van der Waals surface area contributed by atoms with Gasteiger partial charge in [0.2, 0.25) is 5.91 Å². The highest BCUT2D eigenvalue weighted by Gasteiger charge is 2.24. The zero-order chi connectivity index (χ0) is 19.3. The number of likely N-dealkylation sites (tertiary alicyclic amines) is 1. The highest BCUT2D eigenvalue weighted by atomic mass is 32.2. The molecule has 0 spiro atoms. The van der Waals surface area contributed by atoms with Crippen LogP contribution >= 0.6 is 11.8 Å². The minimum atomic E-state index is 0.169. The van der Waals surface area contributed by atoms with Crippen LogP contribution in [0, 0.1) is 0 Å². The van der Waals surface area contributed by atoms with E-state index >= 15 is 0 Å². The summed E-state index contributed by atoms with van der Waals surface area (Å²) in [5, 5.41) is 9.49. The molecule has 144 valence electrons. The van der Waals surface area contributed by atoms with Gasteiger partial charge in [0.15, 0.2) is 11.0 Å². The summed E-state index contributed by atoms with van der Waals surface area (Å²) in [6.07, 6.45) is 6.89. The normalized spacial score (nSPS) is 16.9. The number of carbonyl (C=O) groups excluding carboxylic acids is 1. The van der Waals surface area contributed by atoms with Gasteiger partial charge >= 0.3 is 0 Å². The zero-order valence-corrected chi connectivity index (χ0v) is 16.7. The van der Waals surface area contributed by atoms with Crippen LogP contribution in [0.1, 0.15) is 26.2 Å². The Balaban J connectivity index is 1.60. The van der Waals surface area contributed by atoms with E-state index in [0.29, 0.717) is 17.0 Å². The third-order valence-electron chi connectivity index (χ3n) is 5.02. The van der Waals surface area contributed by atoms with Crippen molar-refractivity contribution < 1.29 is 4.79 Å². The van der Waals surface area contributed by atoms with E-state index in [2.05, 4.69) is 22.1 Å². The first-order valence-electron chi connectivity index (χ1n) is 9.57. The third kappa shape index (κ3) is 3.94. The summed E-state index contributed by atoms with van der Waals surface area (Å²) in [5.74, 6) is 1.26. The molecule has 6 nitrogen and oxygen atoms in total. The molecule has 2 aromatic heterocycles. The summed E-state index contributed by atoms with van der Waals surface area (Å²) in [5.41, 5.74) is 1.86. The molecule has 1 unspecified atom stereocenters. The second-order valence-corrected chi connectivity index (χ2v) is 7.88. The first kappa shape index (κ1) is 18.7. The number of rotatable bonds is 5. The van der Waals surface area contributed by atoms with Crippen LogP contribution in [0.4, 0.5) is 0 Å². The van der Waals surface area contributed by atoms with Gasteiger partial charge in [-0.2, -0.15) is 0 Å². The van der Waals surface area contributed by atoms with Gasteiger partial charge in [-0.1, -0.05) is 30.0 Å². The average molecular weight is 394 g/mol. The van der Waals surface area contributed by atoms with Crippen molar-refractivity contribution in [3.8, 4) is 17.1 Å². The summed E-state index contributed by atoms with van der Waals surface area (Å²) < 4.78 is 1.99. The largest absolute Gasteiger partial charge is 0.339 e. The van der Waals surface area contributed by atoms with Gasteiger partial charge < -0.3 is 4.90 Å². The smallest absolute Gasteiger partial charge is 0.233 e. The second-order valence-electron chi connectivity index (χ2n) is 6.94. The summed E-state index contributed by atoms with van der Waals surface area (Å²) in [4.78, 5) is 18.9. The lowest BCUT2D eigenvalue weighted by atomic mass is 10.0. The molecular formula is C21H23N5OS. The molecule has 7 heteroatoms. The first-order valence-corrected chi connectivity index (χ1v) is 10.6. The van der Waals surface area contributed by atoms with Gasteiger partial charge in [-0.05, 0) is 50.5 Å². The molecule has 1 saturated heterocycles. The Labute approximate surface area is 169 Å². The van der Waals surface area contributed by atoms with E-state index in [1.54, 1.807) is 12.4 Å². The molecule has 1 atom stereocenters. The molecule has 4 rings (SSSR count). The predicted molar refractivity (Wildman–Crippen MR) is 110 cm³/mol. The Morgan fingerprint density at radius 3 is 2.75 bits per heavy atom. The number of benzene rings is 1. The van der Waals surface area contributed by atoms with Crippen molar-refractivity contribution in [2.45, 2.75) is 37.4 Å². The maximum absolute atomic E-state index is 12.7. The van der Waals surface area contributed by atoms with Crippen LogP contribution in [0.25, 0.3) is 17.1 Å². The number of pyridine rings is 1. The van der Waals surface area contributed by atoms with E-state index in [-0.39, 0.29) is 5.91 Å². The molecule has 3 aromatic rings. The van der Waals surface area contributed by atoms with E-state index in [9.17, 15) is 4.79 Å². The van der Waals surface area contributed by atoms with E-state index in [1.807, 2.05) is 51.9 Å². The van der Waals surface area contributed by atoms with Crippen molar-refractivity contribution >= 4 is 17.7 Å². The van der Waals surface area contributed by atoms with E-state index in [0.717, 1.165) is 36.5 Å². The number of hydrogen-bond acceptors (Lipinski definition) is 5. The van der Waals surface area contributed by atoms with Crippen molar-refractivity contribution in [2.75, 3.05) is 12.3 Å². The lowest BCUT2D eigenvalue weighted by Gasteiger charge is -2.33. The minimum Gasteiger partial charge on any atom is -0.339 e. The van der Waals surface area contributed by atoms with Crippen LogP contribution < -0.4 is 0 Å². The molecule has 0 saturated carbocycles. The van der Waals surface area contributed by atoms with Crippen molar-refractivity contribution in [2.24, 2.45) is 0 Å². The molecular weight excluding hydrogens is 370 g/mol. The topological polar surface area (TPSA) is 63.9 Å². The van der Waals surface area contributed by atoms with E-state index in [4.69, 9.17) is 0 Å². The fraction of sp³-hybridized carbons (Fsp3) is 0.333. The number of para-hydroxylation sites is 1. The van der Waals surface area contributed by atoms with Crippen LogP contribution in [0.15, 0.2) is 60.0 Å². The highest BCUT2D eigenvalue weighted by Crippen LogP contribution is 2.28. The number of amides is 1. The number of piperidine rings is 1.